The second-order valence-electron chi connectivity index (χ2n) is 7.36. The van der Waals surface area contributed by atoms with Crippen LogP contribution >= 0.6 is 11.6 Å². The summed E-state index contributed by atoms with van der Waals surface area (Å²) >= 11 is 6.04. The molecule has 4 rings (SSSR count). The lowest BCUT2D eigenvalue weighted by molar-refractivity contribution is 0.332. The molecule has 5 nitrogen and oxygen atoms in total. The monoisotopic (exact) mass is 433 g/mol. The number of benzene rings is 2. The third kappa shape index (κ3) is 4.52. The van der Waals surface area contributed by atoms with Crippen molar-refractivity contribution in [2.45, 2.75) is 18.9 Å². The number of fused-ring (bicyclic) bond motifs is 1. The summed E-state index contributed by atoms with van der Waals surface area (Å²) in [5.41, 5.74) is 2.44. The number of aromatic nitrogens is 1. The van der Waals surface area contributed by atoms with Crippen molar-refractivity contribution in [3.8, 4) is 11.1 Å². The number of hydrogen-bond donors (Lipinski definition) is 1. The minimum atomic E-state index is -3.16. The summed E-state index contributed by atoms with van der Waals surface area (Å²) in [6.45, 7) is 0.984. The SMILES string of the molecule is CS(=O)(=O)N1CCC(Nc2cc(-c3cc(F)cc(Cl)c3)cc3ccncc23)CC1. The lowest BCUT2D eigenvalue weighted by atomic mass is 9.99. The topological polar surface area (TPSA) is 62.3 Å². The van der Waals surface area contributed by atoms with Gasteiger partial charge < -0.3 is 5.32 Å². The fourth-order valence-corrected chi connectivity index (χ4v) is 4.85. The maximum Gasteiger partial charge on any atom is 0.211 e. The van der Waals surface area contributed by atoms with Gasteiger partial charge in [-0.05, 0) is 65.8 Å². The van der Waals surface area contributed by atoms with Crippen molar-refractivity contribution in [2.75, 3.05) is 24.7 Å². The van der Waals surface area contributed by atoms with Gasteiger partial charge in [-0.1, -0.05) is 11.6 Å². The van der Waals surface area contributed by atoms with Gasteiger partial charge in [0.15, 0.2) is 0 Å². The van der Waals surface area contributed by atoms with Gasteiger partial charge in [-0.25, -0.2) is 17.1 Å². The van der Waals surface area contributed by atoms with Crippen LogP contribution in [-0.2, 0) is 10.0 Å². The van der Waals surface area contributed by atoms with Crippen molar-refractivity contribution < 1.29 is 12.8 Å². The van der Waals surface area contributed by atoms with Crippen LogP contribution in [0.4, 0.5) is 10.1 Å². The zero-order valence-electron chi connectivity index (χ0n) is 15.9. The van der Waals surface area contributed by atoms with Crippen molar-refractivity contribution in [1.82, 2.24) is 9.29 Å². The molecule has 1 aliphatic rings. The van der Waals surface area contributed by atoms with Crippen LogP contribution in [0.3, 0.4) is 0 Å². The number of rotatable bonds is 4. The van der Waals surface area contributed by atoms with Gasteiger partial charge in [-0.2, -0.15) is 0 Å². The Labute approximate surface area is 174 Å². The molecular weight excluding hydrogens is 413 g/mol. The highest BCUT2D eigenvalue weighted by Crippen LogP contribution is 2.33. The van der Waals surface area contributed by atoms with E-state index in [9.17, 15) is 12.8 Å². The van der Waals surface area contributed by atoms with E-state index in [4.69, 9.17) is 11.6 Å². The molecule has 1 aliphatic heterocycles. The molecule has 29 heavy (non-hydrogen) atoms. The van der Waals surface area contributed by atoms with Crippen molar-refractivity contribution in [2.24, 2.45) is 0 Å². The zero-order chi connectivity index (χ0) is 20.6. The fraction of sp³-hybridized carbons (Fsp3) is 0.286. The molecule has 0 radical (unpaired) electrons. The van der Waals surface area contributed by atoms with Crippen LogP contribution in [0, 0.1) is 5.82 Å². The Morgan fingerprint density at radius 1 is 1.14 bits per heavy atom. The summed E-state index contributed by atoms with van der Waals surface area (Å²) < 4.78 is 38.9. The number of piperidine rings is 1. The smallest absolute Gasteiger partial charge is 0.211 e. The predicted molar refractivity (Wildman–Crippen MR) is 115 cm³/mol. The Hall–Kier alpha value is -2.22. The van der Waals surface area contributed by atoms with Crippen molar-refractivity contribution >= 4 is 38.1 Å². The summed E-state index contributed by atoms with van der Waals surface area (Å²) in [6.07, 6.45) is 6.19. The molecule has 0 atom stereocenters. The van der Waals surface area contributed by atoms with Crippen molar-refractivity contribution in [3.05, 3.63) is 59.6 Å². The fourth-order valence-electron chi connectivity index (χ4n) is 3.76. The number of anilines is 1. The lowest BCUT2D eigenvalue weighted by Gasteiger charge is -2.31. The predicted octanol–water partition coefficient (Wildman–Crippen LogP) is 4.53. The number of pyridine rings is 1. The van der Waals surface area contributed by atoms with Crippen LogP contribution in [-0.4, -0.2) is 43.1 Å². The maximum atomic E-state index is 13.9. The summed E-state index contributed by atoms with van der Waals surface area (Å²) in [4.78, 5) is 4.23. The van der Waals surface area contributed by atoms with Crippen molar-refractivity contribution in [3.63, 3.8) is 0 Å². The molecule has 3 aromatic rings. The second-order valence-corrected chi connectivity index (χ2v) is 9.78. The highest BCUT2D eigenvalue weighted by molar-refractivity contribution is 7.88. The second kappa shape index (κ2) is 7.89. The molecule has 0 amide bonds. The third-order valence-electron chi connectivity index (χ3n) is 5.23. The van der Waals surface area contributed by atoms with E-state index in [1.165, 1.54) is 22.7 Å². The average Bonchev–Trinajstić information content (AvgIpc) is 2.67. The van der Waals surface area contributed by atoms with Gasteiger partial charge in [0.2, 0.25) is 10.0 Å². The molecule has 1 fully saturated rings. The van der Waals surface area contributed by atoms with E-state index in [0.717, 1.165) is 22.0 Å². The summed E-state index contributed by atoms with van der Waals surface area (Å²) in [5.74, 6) is -0.384. The molecule has 0 aliphatic carbocycles. The first kappa shape index (κ1) is 20.1. The van der Waals surface area contributed by atoms with E-state index in [1.54, 1.807) is 18.5 Å². The van der Waals surface area contributed by atoms with E-state index in [-0.39, 0.29) is 11.9 Å². The molecule has 2 heterocycles. The lowest BCUT2D eigenvalue weighted by Crippen LogP contribution is -2.41. The Kier molecular flexibility index (Phi) is 5.46. The Bertz CT molecular complexity index is 1140. The number of halogens is 2. The van der Waals surface area contributed by atoms with Crippen LogP contribution in [0.15, 0.2) is 48.8 Å². The first-order valence-electron chi connectivity index (χ1n) is 9.35. The van der Waals surface area contributed by atoms with Gasteiger partial charge in [0.25, 0.3) is 0 Å². The van der Waals surface area contributed by atoms with Crippen LogP contribution in [0.2, 0.25) is 5.02 Å². The van der Waals surface area contributed by atoms with E-state index in [0.29, 0.717) is 36.5 Å². The van der Waals surface area contributed by atoms with Gasteiger partial charge in [0.05, 0.1) is 6.26 Å². The van der Waals surface area contributed by atoms with Gasteiger partial charge in [-0.15, -0.1) is 0 Å². The molecule has 0 spiro atoms. The zero-order valence-corrected chi connectivity index (χ0v) is 17.5. The summed E-state index contributed by atoms with van der Waals surface area (Å²) in [7, 11) is -3.16. The normalized spacial score (nSPS) is 16.2. The Morgan fingerprint density at radius 2 is 1.86 bits per heavy atom. The third-order valence-corrected chi connectivity index (χ3v) is 6.76. The first-order valence-corrected chi connectivity index (χ1v) is 11.6. The molecule has 8 heteroatoms. The van der Waals surface area contributed by atoms with E-state index < -0.39 is 10.0 Å². The number of nitrogens with one attached hydrogen (secondary N) is 1. The van der Waals surface area contributed by atoms with Gasteiger partial charge in [-0.3, -0.25) is 4.98 Å². The quantitative estimate of drug-likeness (QED) is 0.656. The van der Waals surface area contributed by atoms with Gasteiger partial charge in [0.1, 0.15) is 5.82 Å². The molecule has 1 aromatic heterocycles. The molecule has 1 saturated heterocycles. The number of sulfonamides is 1. The number of hydrogen-bond acceptors (Lipinski definition) is 4. The minimum Gasteiger partial charge on any atom is -0.382 e. The molecule has 1 N–H and O–H groups in total. The van der Waals surface area contributed by atoms with Crippen LogP contribution in [0.25, 0.3) is 21.9 Å². The van der Waals surface area contributed by atoms with Crippen LogP contribution in [0.5, 0.6) is 0 Å². The molecular formula is C21H21ClFN3O2S. The highest BCUT2D eigenvalue weighted by atomic mass is 35.5. The first-order chi connectivity index (χ1) is 13.8. The molecule has 0 bridgehead atoms. The maximum absolute atomic E-state index is 13.9. The van der Waals surface area contributed by atoms with Gasteiger partial charge in [0, 0.05) is 47.6 Å². The van der Waals surface area contributed by atoms with Crippen LogP contribution in [0.1, 0.15) is 12.8 Å². The molecule has 0 saturated carbocycles. The summed E-state index contributed by atoms with van der Waals surface area (Å²) in [5, 5.41) is 5.83. The number of nitrogens with zero attached hydrogens (tertiary/aromatic N) is 2. The minimum absolute atomic E-state index is 0.141. The summed E-state index contributed by atoms with van der Waals surface area (Å²) in [6, 6.07) is 10.5. The average molecular weight is 434 g/mol. The van der Waals surface area contributed by atoms with Gasteiger partial charge >= 0.3 is 0 Å². The molecule has 152 valence electrons. The van der Waals surface area contributed by atoms with E-state index in [1.807, 2.05) is 18.2 Å². The molecule has 2 aromatic carbocycles. The van der Waals surface area contributed by atoms with E-state index >= 15 is 0 Å². The van der Waals surface area contributed by atoms with Crippen LogP contribution < -0.4 is 5.32 Å². The molecule has 0 unspecified atom stereocenters. The van der Waals surface area contributed by atoms with E-state index in [2.05, 4.69) is 10.3 Å². The Morgan fingerprint density at radius 3 is 2.55 bits per heavy atom. The largest absolute Gasteiger partial charge is 0.382 e. The highest BCUT2D eigenvalue weighted by Gasteiger charge is 2.25. The standard InChI is InChI=1S/C21H21ClFN3O2S/c1-29(27,28)26-6-3-19(4-7-26)25-21-11-15(8-14-2-5-24-13-20(14)21)16-9-17(22)12-18(23)10-16/h2,5,8-13,19,25H,3-4,6-7H2,1H3. The van der Waals surface area contributed by atoms with Crippen molar-refractivity contribution in [1.29, 1.82) is 0 Å². The Balaban J connectivity index is 1.67.